The molecule has 0 amide bonds. The zero-order valence-corrected chi connectivity index (χ0v) is 15.5. The molecule has 1 heterocycles. The lowest BCUT2D eigenvalue weighted by Crippen LogP contribution is -2.35. The lowest BCUT2D eigenvalue weighted by Gasteiger charge is -2.31. The fourth-order valence-corrected chi connectivity index (χ4v) is 3.96. The van der Waals surface area contributed by atoms with Crippen LogP contribution >= 0.6 is 0 Å². The first-order valence-corrected chi connectivity index (χ1v) is 8.75. The van der Waals surface area contributed by atoms with E-state index >= 15 is 4.39 Å². The van der Waals surface area contributed by atoms with E-state index < -0.39 is 23.5 Å². The Morgan fingerprint density at radius 2 is 1.70 bits per heavy atom. The average molecular weight is 373 g/mol. The summed E-state index contributed by atoms with van der Waals surface area (Å²) in [5.74, 6) is -1.29. The van der Waals surface area contributed by atoms with Crippen molar-refractivity contribution in [3.05, 3.63) is 69.9 Å². The Kier molecular flexibility index (Phi) is 3.78. The SMILES string of the molecule is CC1=Cc2c(n(-c3cc(F)c(C)cc3F)c3ccc(C)cc23)C(C)(F)C1F. The molecule has 1 aromatic heterocycles. The molecule has 5 heteroatoms. The molecule has 2 unspecified atom stereocenters. The van der Waals surface area contributed by atoms with Gasteiger partial charge < -0.3 is 4.57 Å². The van der Waals surface area contributed by atoms with Crippen molar-refractivity contribution in [1.82, 2.24) is 4.57 Å². The summed E-state index contributed by atoms with van der Waals surface area (Å²) in [5, 5.41) is 0.681. The molecule has 0 spiro atoms. The van der Waals surface area contributed by atoms with Crippen LogP contribution in [-0.4, -0.2) is 10.7 Å². The van der Waals surface area contributed by atoms with Crippen LogP contribution in [0.4, 0.5) is 17.6 Å². The van der Waals surface area contributed by atoms with Gasteiger partial charge in [0.1, 0.15) is 11.6 Å². The molecule has 0 saturated heterocycles. The van der Waals surface area contributed by atoms with E-state index in [2.05, 4.69) is 0 Å². The largest absolute Gasteiger partial charge is 0.307 e. The van der Waals surface area contributed by atoms with Gasteiger partial charge in [-0.2, -0.15) is 0 Å². The van der Waals surface area contributed by atoms with Gasteiger partial charge in [-0.3, -0.25) is 0 Å². The van der Waals surface area contributed by atoms with Crippen molar-refractivity contribution in [2.24, 2.45) is 0 Å². The number of aryl methyl sites for hydroxylation is 2. The highest BCUT2D eigenvalue weighted by Crippen LogP contribution is 2.47. The summed E-state index contributed by atoms with van der Waals surface area (Å²) in [6.45, 7) is 6.03. The van der Waals surface area contributed by atoms with Crippen molar-refractivity contribution in [2.45, 2.75) is 39.5 Å². The molecule has 0 radical (unpaired) electrons. The summed E-state index contributed by atoms with van der Waals surface area (Å²) in [7, 11) is 0. The Balaban J connectivity index is 2.21. The van der Waals surface area contributed by atoms with Crippen LogP contribution in [0.5, 0.6) is 0 Å². The van der Waals surface area contributed by atoms with E-state index in [0.29, 0.717) is 16.5 Å². The van der Waals surface area contributed by atoms with Crippen molar-refractivity contribution in [3.8, 4) is 5.69 Å². The smallest absolute Gasteiger partial charge is 0.183 e. The fraction of sp³-hybridized carbons (Fsp3) is 0.273. The Bertz CT molecular complexity index is 1120. The third-order valence-electron chi connectivity index (χ3n) is 5.34. The van der Waals surface area contributed by atoms with Crippen LogP contribution in [0.1, 0.15) is 36.2 Å². The van der Waals surface area contributed by atoms with E-state index in [1.165, 1.54) is 18.4 Å². The normalized spacial score (nSPS) is 22.1. The first-order chi connectivity index (χ1) is 12.6. The van der Waals surface area contributed by atoms with Crippen molar-refractivity contribution >= 4 is 17.0 Å². The molecular formula is C22H19F4N. The number of fused-ring (bicyclic) bond motifs is 3. The van der Waals surface area contributed by atoms with Crippen LogP contribution in [0.2, 0.25) is 0 Å². The number of halogens is 4. The number of hydrogen-bond donors (Lipinski definition) is 0. The molecule has 0 bridgehead atoms. The summed E-state index contributed by atoms with van der Waals surface area (Å²) in [6, 6.07) is 7.51. The van der Waals surface area contributed by atoms with Gasteiger partial charge in [-0.05, 0) is 57.0 Å². The fourth-order valence-electron chi connectivity index (χ4n) is 3.96. The number of benzene rings is 2. The van der Waals surface area contributed by atoms with E-state index in [-0.39, 0.29) is 22.5 Å². The predicted molar refractivity (Wildman–Crippen MR) is 99.7 cm³/mol. The molecule has 140 valence electrons. The molecule has 2 atom stereocenters. The van der Waals surface area contributed by atoms with Gasteiger partial charge in [0.2, 0.25) is 0 Å². The second-order valence-electron chi connectivity index (χ2n) is 7.50. The quantitative estimate of drug-likeness (QED) is 0.431. The van der Waals surface area contributed by atoms with Gasteiger partial charge in [0.25, 0.3) is 0 Å². The minimum absolute atomic E-state index is 0.00310. The lowest BCUT2D eigenvalue weighted by atomic mass is 9.84. The molecular weight excluding hydrogens is 354 g/mol. The molecule has 2 aromatic carbocycles. The van der Waals surface area contributed by atoms with Gasteiger partial charge in [0, 0.05) is 17.0 Å². The zero-order chi connectivity index (χ0) is 19.7. The Hall–Kier alpha value is -2.56. The molecule has 1 aliphatic rings. The lowest BCUT2D eigenvalue weighted by molar-refractivity contribution is 0.0799. The van der Waals surface area contributed by atoms with Crippen molar-refractivity contribution in [1.29, 1.82) is 0 Å². The Labute approximate surface area is 154 Å². The van der Waals surface area contributed by atoms with Crippen molar-refractivity contribution in [3.63, 3.8) is 0 Å². The van der Waals surface area contributed by atoms with Crippen LogP contribution in [0.25, 0.3) is 22.7 Å². The van der Waals surface area contributed by atoms with E-state index in [0.717, 1.165) is 24.6 Å². The summed E-state index contributed by atoms with van der Waals surface area (Å²) in [6.07, 6.45) is -0.269. The summed E-state index contributed by atoms with van der Waals surface area (Å²) < 4.78 is 60.7. The van der Waals surface area contributed by atoms with Crippen LogP contribution < -0.4 is 0 Å². The van der Waals surface area contributed by atoms with E-state index in [9.17, 15) is 13.2 Å². The number of allylic oxidation sites excluding steroid dienone is 1. The second kappa shape index (κ2) is 5.72. The molecule has 1 aliphatic carbocycles. The maximum atomic E-state index is 15.7. The molecule has 0 fully saturated rings. The number of alkyl halides is 2. The minimum Gasteiger partial charge on any atom is -0.307 e. The summed E-state index contributed by atoms with van der Waals surface area (Å²) in [5.41, 5.74) is -0.134. The molecule has 4 rings (SSSR count). The Morgan fingerprint density at radius 1 is 1.00 bits per heavy atom. The van der Waals surface area contributed by atoms with Gasteiger partial charge in [-0.25, -0.2) is 17.6 Å². The van der Waals surface area contributed by atoms with Crippen LogP contribution in [0.15, 0.2) is 35.9 Å². The summed E-state index contributed by atoms with van der Waals surface area (Å²) in [4.78, 5) is 0. The van der Waals surface area contributed by atoms with Gasteiger partial charge in [0.15, 0.2) is 11.8 Å². The van der Waals surface area contributed by atoms with E-state index in [1.54, 1.807) is 12.1 Å². The number of aromatic nitrogens is 1. The van der Waals surface area contributed by atoms with Gasteiger partial charge in [-0.1, -0.05) is 17.7 Å². The molecule has 0 saturated carbocycles. The van der Waals surface area contributed by atoms with Crippen molar-refractivity contribution < 1.29 is 17.6 Å². The van der Waals surface area contributed by atoms with Crippen molar-refractivity contribution in [2.75, 3.05) is 0 Å². The zero-order valence-electron chi connectivity index (χ0n) is 15.5. The highest BCUT2D eigenvalue weighted by atomic mass is 19.2. The minimum atomic E-state index is -2.38. The highest BCUT2D eigenvalue weighted by molar-refractivity contribution is 5.95. The second-order valence-corrected chi connectivity index (χ2v) is 7.50. The molecule has 0 aliphatic heterocycles. The van der Waals surface area contributed by atoms with E-state index in [4.69, 9.17) is 0 Å². The van der Waals surface area contributed by atoms with Gasteiger partial charge in [0.05, 0.1) is 16.9 Å². The third-order valence-corrected chi connectivity index (χ3v) is 5.34. The van der Waals surface area contributed by atoms with Gasteiger partial charge in [-0.15, -0.1) is 0 Å². The van der Waals surface area contributed by atoms with Crippen LogP contribution in [-0.2, 0) is 5.67 Å². The molecule has 27 heavy (non-hydrogen) atoms. The average Bonchev–Trinajstić information content (AvgIpc) is 2.91. The third kappa shape index (κ3) is 2.44. The first-order valence-electron chi connectivity index (χ1n) is 8.75. The maximum absolute atomic E-state index is 15.7. The highest BCUT2D eigenvalue weighted by Gasteiger charge is 2.46. The summed E-state index contributed by atoms with van der Waals surface area (Å²) >= 11 is 0. The number of hydrogen-bond acceptors (Lipinski definition) is 0. The molecule has 0 N–H and O–H groups in total. The maximum Gasteiger partial charge on any atom is 0.183 e. The van der Waals surface area contributed by atoms with Crippen LogP contribution in [0.3, 0.4) is 0 Å². The Morgan fingerprint density at radius 3 is 2.41 bits per heavy atom. The van der Waals surface area contributed by atoms with Crippen LogP contribution in [0, 0.1) is 25.5 Å². The first kappa shape index (κ1) is 17.8. The molecule has 1 nitrogen and oxygen atoms in total. The molecule has 3 aromatic rings. The monoisotopic (exact) mass is 373 g/mol. The topological polar surface area (TPSA) is 4.93 Å². The van der Waals surface area contributed by atoms with E-state index in [1.807, 2.05) is 19.1 Å². The van der Waals surface area contributed by atoms with Gasteiger partial charge >= 0.3 is 0 Å². The standard InChI is InChI=1S/C22H19F4N/c1-11-5-6-18-14(7-11)15-8-13(3)20(25)22(4,26)21(15)27(18)19-10-16(23)12(2)9-17(19)24/h5-10,20H,1-4H3. The number of nitrogens with zero attached hydrogens (tertiary/aromatic N) is 1. The number of rotatable bonds is 1. The predicted octanol–water partition coefficient (Wildman–Crippen LogP) is 6.47.